The van der Waals surface area contributed by atoms with Crippen molar-refractivity contribution in [1.82, 2.24) is 4.98 Å². The normalized spacial score (nSPS) is 10.0. The molecule has 3 N–H and O–H groups in total. The number of amides is 1. The molecule has 0 radical (unpaired) electrons. The molecule has 0 aliphatic rings. The molecule has 2 rings (SSSR count). The van der Waals surface area contributed by atoms with Crippen molar-refractivity contribution in [3.8, 4) is 5.75 Å². The lowest BCUT2D eigenvalue weighted by atomic mass is 10.2. The van der Waals surface area contributed by atoms with Crippen molar-refractivity contribution in [2.24, 2.45) is 5.73 Å². The number of anilines is 1. The molecule has 1 amide bonds. The van der Waals surface area contributed by atoms with Gasteiger partial charge in [-0.25, -0.2) is 0 Å². The number of pyridine rings is 1. The average Bonchev–Trinajstić information content (AvgIpc) is 2.48. The van der Waals surface area contributed by atoms with Gasteiger partial charge < -0.3 is 15.8 Å². The SMILES string of the molecule is COc1cnccc1C(=O)Nc1ccc(CN)cc1. The van der Waals surface area contributed by atoms with Crippen molar-refractivity contribution in [2.75, 3.05) is 12.4 Å². The van der Waals surface area contributed by atoms with Gasteiger partial charge in [-0.05, 0) is 23.8 Å². The van der Waals surface area contributed by atoms with Crippen LogP contribution in [-0.2, 0) is 6.54 Å². The summed E-state index contributed by atoms with van der Waals surface area (Å²) in [5, 5.41) is 2.80. The number of aromatic nitrogens is 1. The van der Waals surface area contributed by atoms with Gasteiger partial charge in [0.05, 0.1) is 18.9 Å². The topological polar surface area (TPSA) is 77.2 Å². The van der Waals surface area contributed by atoms with Gasteiger partial charge in [-0.2, -0.15) is 0 Å². The third-order valence-corrected chi connectivity index (χ3v) is 2.70. The second-order valence-electron chi connectivity index (χ2n) is 3.93. The van der Waals surface area contributed by atoms with Crippen molar-refractivity contribution < 1.29 is 9.53 Å². The van der Waals surface area contributed by atoms with Crippen LogP contribution in [0, 0.1) is 0 Å². The maximum Gasteiger partial charge on any atom is 0.259 e. The smallest absolute Gasteiger partial charge is 0.259 e. The molecule has 0 saturated carbocycles. The molecule has 0 unspecified atom stereocenters. The van der Waals surface area contributed by atoms with Crippen molar-refractivity contribution in [2.45, 2.75) is 6.54 Å². The Bertz CT molecular complexity index is 567. The van der Waals surface area contributed by atoms with Crippen LogP contribution in [0.2, 0.25) is 0 Å². The third-order valence-electron chi connectivity index (χ3n) is 2.70. The van der Waals surface area contributed by atoms with Gasteiger partial charge in [0.1, 0.15) is 5.75 Å². The van der Waals surface area contributed by atoms with E-state index < -0.39 is 0 Å². The molecule has 98 valence electrons. The molecule has 0 saturated heterocycles. The largest absolute Gasteiger partial charge is 0.494 e. The summed E-state index contributed by atoms with van der Waals surface area (Å²) in [6, 6.07) is 8.99. The van der Waals surface area contributed by atoms with Crippen LogP contribution in [-0.4, -0.2) is 18.0 Å². The van der Waals surface area contributed by atoms with Crippen molar-refractivity contribution in [3.63, 3.8) is 0 Å². The summed E-state index contributed by atoms with van der Waals surface area (Å²) in [6.07, 6.45) is 3.06. The van der Waals surface area contributed by atoms with Gasteiger partial charge in [-0.1, -0.05) is 12.1 Å². The minimum atomic E-state index is -0.236. The van der Waals surface area contributed by atoms with Gasteiger partial charge in [-0.15, -0.1) is 0 Å². The van der Waals surface area contributed by atoms with Crippen LogP contribution in [0.4, 0.5) is 5.69 Å². The summed E-state index contributed by atoms with van der Waals surface area (Å²) >= 11 is 0. The highest BCUT2D eigenvalue weighted by atomic mass is 16.5. The summed E-state index contributed by atoms with van der Waals surface area (Å²) in [6.45, 7) is 0.479. The molecule has 0 atom stereocenters. The van der Waals surface area contributed by atoms with Crippen LogP contribution in [0.15, 0.2) is 42.7 Å². The highest BCUT2D eigenvalue weighted by Gasteiger charge is 2.11. The third kappa shape index (κ3) is 3.08. The molecule has 0 aliphatic carbocycles. The van der Waals surface area contributed by atoms with E-state index in [1.165, 1.54) is 13.3 Å². The molecule has 0 spiro atoms. The molecule has 1 heterocycles. The van der Waals surface area contributed by atoms with Crippen molar-refractivity contribution in [3.05, 3.63) is 53.9 Å². The van der Waals surface area contributed by atoms with Crippen LogP contribution in [0.3, 0.4) is 0 Å². The molecule has 19 heavy (non-hydrogen) atoms. The first-order valence-corrected chi connectivity index (χ1v) is 5.83. The molecule has 0 bridgehead atoms. The fourth-order valence-electron chi connectivity index (χ4n) is 1.65. The fraction of sp³-hybridized carbons (Fsp3) is 0.143. The lowest BCUT2D eigenvalue weighted by Gasteiger charge is -2.09. The predicted octanol–water partition coefficient (Wildman–Crippen LogP) is 1.80. The number of hydrogen-bond acceptors (Lipinski definition) is 4. The Morgan fingerprint density at radius 3 is 2.68 bits per heavy atom. The van der Waals surface area contributed by atoms with E-state index in [2.05, 4.69) is 10.3 Å². The number of benzene rings is 1. The van der Waals surface area contributed by atoms with Crippen molar-refractivity contribution >= 4 is 11.6 Å². The number of nitrogens with zero attached hydrogens (tertiary/aromatic N) is 1. The zero-order chi connectivity index (χ0) is 13.7. The Labute approximate surface area is 111 Å². The second-order valence-corrected chi connectivity index (χ2v) is 3.93. The number of carbonyl (C=O) groups excluding carboxylic acids is 1. The van der Waals surface area contributed by atoms with E-state index in [1.807, 2.05) is 24.3 Å². The van der Waals surface area contributed by atoms with E-state index in [4.69, 9.17) is 10.5 Å². The van der Waals surface area contributed by atoms with Crippen molar-refractivity contribution in [1.29, 1.82) is 0 Å². The van der Waals surface area contributed by atoms with Gasteiger partial charge in [0, 0.05) is 18.4 Å². The highest BCUT2D eigenvalue weighted by Crippen LogP contribution is 2.18. The standard InChI is InChI=1S/C14H15N3O2/c1-19-13-9-16-7-6-12(13)14(18)17-11-4-2-10(8-15)3-5-11/h2-7,9H,8,15H2,1H3,(H,17,18). The first-order valence-electron chi connectivity index (χ1n) is 5.83. The van der Waals surface area contributed by atoms with E-state index in [9.17, 15) is 4.79 Å². The summed E-state index contributed by atoms with van der Waals surface area (Å²) in [5.41, 5.74) is 7.69. The molecule has 0 fully saturated rings. The Kier molecular flexibility index (Phi) is 4.10. The highest BCUT2D eigenvalue weighted by molar-refractivity contribution is 6.06. The van der Waals surface area contributed by atoms with E-state index in [0.717, 1.165) is 5.56 Å². The zero-order valence-corrected chi connectivity index (χ0v) is 10.6. The lowest BCUT2D eigenvalue weighted by Crippen LogP contribution is -2.13. The van der Waals surface area contributed by atoms with Crippen LogP contribution in [0.25, 0.3) is 0 Å². The number of carbonyl (C=O) groups is 1. The van der Waals surface area contributed by atoms with Gasteiger partial charge in [0.2, 0.25) is 0 Å². The molecule has 5 nitrogen and oxygen atoms in total. The predicted molar refractivity (Wildman–Crippen MR) is 73.1 cm³/mol. The van der Waals surface area contributed by atoms with Crippen LogP contribution < -0.4 is 15.8 Å². The van der Waals surface area contributed by atoms with Crippen LogP contribution in [0.5, 0.6) is 5.75 Å². The lowest BCUT2D eigenvalue weighted by molar-refractivity contribution is 0.102. The van der Waals surface area contributed by atoms with Gasteiger partial charge in [0.15, 0.2) is 0 Å². The van der Waals surface area contributed by atoms with Gasteiger partial charge >= 0.3 is 0 Å². The fourth-order valence-corrected chi connectivity index (χ4v) is 1.65. The number of rotatable bonds is 4. The Hall–Kier alpha value is -2.40. The second kappa shape index (κ2) is 5.97. The molecule has 1 aromatic heterocycles. The first-order chi connectivity index (χ1) is 9.24. The summed E-state index contributed by atoms with van der Waals surface area (Å²) in [5.74, 6) is 0.207. The quantitative estimate of drug-likeness (QED) is 0.875. The molecule has 0 aliphatic heterocycles. The van der Waals surface area contributed by atoms with E-state index >= 15 is 0 Å². The van der Waals surface area contributed by atoms with Crippen LogP contribution >= 0.6 is 0 Å². The first kappa shape index (κ1) is 13.0. The maximum absolute atomic E-state index is 12.1. The molecule has 2 aromatic rings. The zero-order valence-electron chi connectivity index (χ0n) is 10.6. The Balaban J connectivity index is 2.16. The number of ether oxygens (including phenoxy) is 1. The average molecular weight is 257 g/mol. The summed E-state index contributed by atoms with van der Waals surface area (Å²) < 4.78 is 5.10. The number of nitrogens with one attached hydrogen (secondary N) is 1. The summed E-state index contributed by atoms with van der Waals surface area (Å²) in [7, 11) is 1.50. The minimum absolute atomic E-state index is 0.236. The van der Waals surface area contributed by atoms with E-state index in [-0.39, 0.29) is 5.91 Å². The summed E-state index contributed by atoms with van der Waals surface area (Å²) in [4.78, 5) is 16.0. The number of methoxy groups -OCH3 is 1. The van der Waals surface area contributed by atoms with Gasteiger partial charge in [0.25, 0.3) is 5.91 Å². The molecular weight excluding hydrogens is 242 g/mol. The monoisotopic (exact) mass is 257 g/mol. The number of hydrogen-bond donors (Lipinski definition) is 2. The Morgan fingerprint density at radius 2 is 2.05 bits per heavy atom. The van der Waals surface area contributed by atoms with Gasteiger partial charge in [-0.3, -0.25) is 9.78 Å². The van der Waals surface area contributed by atoms with Crippen LogP contribution in [0.1, 0.15) is 15.9 Å². The van der Waals surface area contributed by atoms with E-state index in [0.29, 0.717) is 23.5 Å². The minimum Gasteiger partial charge on any atom is -0.494 e. The Morgan fingerprint density at radius 1 is 1.32 bits per heavy atom. The molecule has 5 heteroatoms. The maximum atomic E-state index is 12.1. The number of nitrogens with two attached hydrogens (primary N) is 1. The molecule has 1 aromatic carbocycles. The molecular formula is C14H15N3O2. The van der Waals surface area contributed by atoms with E-state index in [1.54, 1.807) is 12.3 Å².